The van der Waals surface area contributed by atoms with Crippen LogP contribution in [0.2, 0.25) is 0 Å². The zero-order valence-electron chi connectivity index (χ0n) is 52.0. The van der Waals surface area contributed by atoms with Crippen LogP contribution >= 0.6 is 0 Å². The second kappa shape index (κ2) is 26.1. The summed E-state index contributed by atoms with van der Waals surface area (Å²) in [6.07, 6.45) is -23.7. The number of fused-ring (bicyclic) bond motifs is 7. The number of allylic oxidation sites excluding steroid dienone is 2. The molecule has 33 unspecified atom stereocenters. The number of esters is 1. The predicted octanol–water partition coefficient (Wildman–Crippen LogP) is -2.01. The van der Waals surface area contributed by atoms with E-state index in [1.54, 1.807) is 6.92 Å². The lowest BCUT2D eigenvalue weighted by atomic mass is 9.33. The van der Waals surface area contributed by atoms with Gasteiger partial charge in [-0.2, -0.15) is 0 Å². The van der Waals surface area contributed by atoms with E-state index >= 15 is 4.79 Å². The number of ether oxygens (including phenoxy) is 10. The van der Waals surface area contributed by atoms with Crippen LogP contribution in [0.25, 0.3) is 0 Å². The number of carbonyl (C=O) groups is 1. The molecule has 9 fully saturated rings. The van der Waals surface area contributed by atoms with E-state index in [0.29, 0.717) is 44.9 Å². The van der Waals surface area contributed by atoms with E-state index in [1.165, 1.54) is 12.5 Å². The molecule has 5 aliphatic carbocycles. The van der Waals surface area contributed by atoms with Gasteiger partial charge in [0.05, 0.1) is 88.3 Å². The second-order valence-corrected chi connectivity index (χ2v) is 29.6. The first-order valence-electron chi connectivity index (χ1n) is 32.0. The van der Waals surface area contributed by atoms with E-state index in [1.807, 2.05) is 6.92 Å². The first-order chi connectivity index (χ1) is 41.4. The normalized spacial score (nSPS) is 53.8. The highest BCUT2D eigenvalue weighted by molar-refractivity contribution is 5.79. The Bertz CT molecular complexity index is 2420. The van der Waals surface area contributed by atoms with Crippen molar-refractivity contribution in [3.8, 4) is 0 Å². The van der Waals surface area contributed by atoms with Crippen LogP contribution in [0.15, 0.2) is 11.6 Å². The van der Waals surface area contributed by atoms with Crippen molar-refractivity contribution < 1.29 is 129 Å². The Kier molecular flexibility index (Phi) is 20.5. The van der Waals surface area contributed by atoms with Crippen molar-refractivity contribution in [2.24, 2.45) is 62.1 Å². The van der Waals surface area contributed by atoms with E-state index in [-0.39, 0.29) is 59.2 Å². The molecule has 506 valence electrons. The molecule has 0 aromatic carbocycles. The van der Waals surface area contributed by atoms with Gasteiger partial charge in [-0.25, -0.2) is 0 Å². The lowest BCUT2D eigenvalue weighted by Crippen LogP contribution is -2.67. The van der Waals surface area contributed by atoms with Crippen LogP contribution in [-0.2, 0) is 52.2 Å². The molecular formula is C62H102O26. The van der Waals surface area contributed by atoms with Gasteiger partial charge < -0.3 is 124 Å². The van der Waals surface area contributed by atoms with E-state index in [9.17, 15) is 76.6 Å². The maximum atomic E-state index is 15.2. The third kappa shape index (κ3) is 11.7. The van der Waals surface area contributed by atoms with E-state index in [0.717, 1.165) is 19.3 Å². The summed E-state index contributed by atoms with van der Waals surface area (Å²) < 4.78 is 60.1. The molecular weight excluding hydrogens is 1160 g/mol. The van der Waals surface area contributed by atoms with Gasteiger partial charge in [0.2, 0.25) is 6.29 Å². The molecule has 5 aliphatic heterocycles. The SMILES string of the molecule is CC1OC(OC2C(CO)OC(COCC3C(CO)OC(OC(=O)C45CCC(C)(C)CC4C4=CCC6C7(C)CCC(OC8OCC(O)C(O)C8OC8OC(CO)C(C)C(O)C8O)C(C)(CO)C7CCC6(C)C4(C)CC5)C(O)C3O)C(O)C2O)C(O)C(O)C1O. The Balaban J connectivity index is 0.805. The minimum absolute atomic E-state index is 0.0535. The molecule has 5 heterocycles. The average Bonchev–Trinajstić information content (AvgIpc) is 0.705. The lowest BCUT2D eigenvalue weighted by Gasteiger charge is -2.71. The molecule has 4 saturated carbocycles. The van der Waals surface area contributed by atoms with Gasteiger partial charge >= 0.3 is 5.97 Å². The number of hydrogen-bond acceptors (Lipinski definition) is 26. The Hall–Kier alpha value is -1.75. The highest BCUT2D eigenvalue weighted by Crippen LogP contribution is 2.76. The van der Waals surface area contributed by atoms with Crippen LogP contribution in [0.4, 0.5) is 0 Å². The summed E-state index contributed by atoms with van der Waals surface area (Å²) in [5.74, 6) is -2.45. The van der Waals surface area contributed by atoms with Gasteiger partial charge in [0.1, 0.15) is 79.4 Å². The highest BCUT2D eigenvalue weighted by atomic mass is 16.8. The van der Waals surface area contributed by atoms with Crippen LogP contribution < -0.4 is 0 Å². The third-order valence-electron chi connectivity index (χ3n) is 24.3. The molecule has 5 saturated heterocycles. The Morgan fingerprint density at radius 2 is 1.20 bits per heavy atom. The predicted molar refractivity (Wildman–Crippen MR) is 302 cm³/mol. The molecule has 0 spiro atoms. The zero-order valence-corrected chi connectivity index (χ0v) is 52.0. The Labute approximate surface area is 513 Å². The van der Waals surface area contributed by atoms with Gasteiger partial charge in [0.15, 0.2) is 18.9 Å². The molecule has 0 amide bonds. The number of aliphatic hydroxyl groups excluding tert-OH is 15. The fraction of sp³-hybridized carbons (Fsp3) is 0.952. The lowest BCUT2D eigenvalue weighted by molar-refractivity contribution is -0.365. The Morgan fingerprint density at radius 1 is 0.568 bits per heavy atom. The van der Waals surface area contributed by atoms with Crippen molar-refractivity contribution >= 4 is 5.97 Å². The van der Waals surface area contributed by atoms with Crippen LogP contribution in [0.5, 0.6) is 0 Å². The van der Waals surface area contributed by atoms with Crippen LogP contribution in [0, 0.1) is 62.1 Å². The van der Waals surface area contributed by atoms with Gasteiger partial charge in [0, 0.05) is 17.3 Å². The van der Waals surface area contributed by atoms with Crippen molar-refractivity contribution in [2.75, 3.05) is 46.2 Å². The van der Waals surface area contributed by atoms with E-state index in [2.05, 4.69) is 40.7 Å². The van der Waals surface area contributed by atoms with Crippen LogP contribution in [-0.4, -0.2) is 270 Å². The minimum Gasteiger partial charge on any atom is -0.432 e. The van der Waals surface area contributed by atoms with Crippen LogP contribution in [0.1, 0.15) is 120 Å². The van der Waals surface area contributed by atoms with Gasteiger partial charge in [-0.1, -0.05) is 60.1 Å². The van der Waals surface area contributed by atoms with Gasteiger partial charge in [-0.05, 0) is 111 Å². The largest absolute Gasteiger partial charge is 0.432 e. The van der Waals surface area contributed by atoms with Crippen molar-refractivity contribution in [1.82, 2.24) is 0 Å². The van der Waals surface area contributed by atoms with Crippen LogP contribution in [0.3, 0.4) is 0 Å². The monoisotopic (exact) mass is 1260 g/mol. The van der Waals surface area contributed by atoms with Gasteiger partial charge in [-0.3, -0.25) is 4.79 Å². The number of rotatable bonds is 16. The summed E-state index contributed by atoms with van der Waals surface area (Å²) in [6, 6.07) is 0. The van der Waals surface area contributed by atoms with Crippen molar-refractivity contribution in [1.29, 1.82) is 0 Å². The fourth-order valence-corrected chi connectivity index (χ4v) is 18.3. The average molecular weight is 1260 g/mol. The number of hydrogen-bond donors (Lipinski definition) is 15. The maximum absolute atomic E-state index is 15.2. The summed E-state index contributed by atoms with van der Waals surface area (Å²) in [5, 5.41) is 163. The summed E-state index contributed by atoms with van der Waals surface area (Å²) in [4.78, 5) is 15.2. The molecule has 15 N–H and O–H groups in total. The van der Waals surface area contributed by atoms with Crippen molar-refractivity contribution in [3.63, 3.8) is 0 Å². The quantitative estimate of drug-likeness (QED) is 0.0451. The minimum atomic E-state index is -1.78. The number of aliphatic hydroxyl groups is 15. The van der Waals surface area contributed by atoms with Gasteiger partial charge in [0.25, 0.3) is 0 Å². The summed E-state index contributed by atoms with van der Waals surface area (Å²) in [7, 11) is 0. The molecule has 26 nitrogen and oxygen atoms in total. The molecule has 26 heteroatoms. The fourth-order valence-electron chi connectivity index (χ4n) is 18.3. The molecule has 10 rings (SSSR count). The topological polar surface area (TPSA) is 413 Å². The molecule has 10 aliphatic rings. The van der Waals surface area contributed by atoms with Gasteiger partial charge in [-0.15, -0.1) is 0 Å². The molecule has 0 bridgehead atoms. The molecule has 0 radical (unpaired) electrons. The second-order valence-electron chi connectivity index (χ2n) is 29.6. The molecule has 0 aromatic rings. The summed E-state index contributed by atoms with van der Waals surface area (Å²) in [6.45, 7) is 13.4. The third-order valence-corrected chi connectivity index (χ3v) is 24.3. The summed E-state index contributed by atoms with van der Waals surface area (Å²) in [5.41, 5.74) is -1.75. The zero-order chi connectivity index (χ0) is 64.1. The smallest absolute Gasteiger partial charge is 0.315 e. The molecule has 33 atom stereocenters. The highest BCUT2D eigenvalue weighted by Gasteiger charge is 2.71. The number of carbonyl (C=O) groups excluding carboxylic acids is 1. The van der Waals surface area contributed by atoms with Crippen molar-refractivity contribution in [3.05, 3.63) is 11.6 Å². The first-order valence-corrected chi connectivity index (χ1v) is 32.0. The van der Waals surface area contributed by atoms with E-state index < -0.39 is 196 Å². The maximum Gasteiger partial charge on any atom is 0.315 e. The first kappa shape index (κ1) is 69.1. The Morgan fingerprint density at radius 3 is 1.89 bits per heavy atom. The summed E-state index contributed by atoms with van der Waals surface area (Å²) >= 11 is 0. The van der Waals surface area contributed by atoms with Crippen molar-refractivity contribution in [2.45, 2.75) is 261 Å². The standard InChI is InChI=1S/C62H102O26/c1-27-33(20-63)83-53(47(75)40(27)68)87-51-43(71)32(67)24-80-55(51)85-39-12-13-58(5)37(59(39,6)26-66)11-14-61(8)38(58)10-9-30-31-19-57(3,4)15-17-62(31,18-16-60(30,61)7)56(78)88-54-48(76)42(70)29(34(21-64)84-54)23-79-25-36-44(72)46(74)50(35(22-65)82-36)86-52-49(77)45(73)41(69)28(2)81-52/h9,27-29,31-55,63-77H,10-26H2,1-8H3. The molecule has 88 heavy (non-hydrogen) atoms. The molecule has 0 aromatic heterocycles. The van der Waals surface area contributed by atoms with E-state index in [4.69, 9.17) is 47.4 Å².